The monoisotopic (exact) mass is 1190 g/mol. The van der Waals surface area contributed by atoms with Crippen molar-refractivity contribution in [2.45, 2.75) is 262 Å². The molecule has 0 radical (unpaired) electrons. The molecule has 4 saturated heterocycles. The molecule has 5 aliphatic carbocycles. The zero-order valence-electron chi connectivity index (χ0n) is 49.4. The van der Waals surface area contributed by atoms with Crippen LogP contribution in [0.4, 0.5) is 0 Å². The lowest BCUT2D eigenvalue weighted by atomic mass is 9.33. The fraction of sp³-hybridized carbons (Fsp3) is 0.898. The highest BCUT2D eigenvalue weighted by Gasteiger charge is 2.70. The molecule has 29 atom stereocenters. The quantitative estimate of drug-likeness (QED) is 0.0473. The van der Waals surface area contributed by atoms with Crippen molar-refractivity contribution in [3.8, 4) is 0 Å². The van der Waals surface area contributed by atoms with Crippen LogP contribution in [0.3, 0.4) is 0 Å². The number of allylic oxidation sites excluding steroid dienone is 3. The molecule has 13 N–H and O–H groups in total. The smallest absolute Gasteiger partial charge is 0.335 e. The van der Waals surface area contributed by atoms with Gasteiger partial charge in [0, 0.05) is 11.0 Å². The van der Waals surface area contributed by atoms with Crippen molar-refractivity contribution in [1.29, 1.82) is 0 Å². The molecular formula is C59H94O24. The number of ether oxygens (including phenoxy) is 9. The van der Waals surface area contributed by atoms with E-state index in [0.29, 0.717) is 31.3 Å². The van der Waals surface area contributed by atoms with Crippen molar-refractivity contribution in [3.63, 3.8) is 0 Å². The Hall–Kier alpha value is -2.38. The number of rotatable bonds is 14. The van der Waals surface area contributed by atoms with Crippen LogP contribution in [-0.2, 0) is 52.2 Å². The number of hydrogen-bond donors (Lipinski definition) is 13. The first-order chi connectivity index (χ1) is 38.8. The van der Waals surface area contributed by atoms with E-state index in [2.05, 4.69) is 54.5 Å². The zero-order valence-corrected chi connectivity index (χ0v) is 49.4. The van der Waals surface area contributed by atoms with Crippen molar-refractivity contribution in [2.75, 3.05) is 19.8 Å². The molecule has 0 amide bonds. The minimum atomic E-state index is -2.22. The summed E-state index contributed by atoms with van der Waals surface area (Å²) < 4.78 is 55.0. The zero-order chi connectivity index (χ0) is 61.0. The van der Waals surface area contributed by atoms with Crippen molar-refractivity contribution in [2.24, 2.45) is 50.2 Å². The van der Waals surface area contributed by atoms with Gasteiger partial charge in [-0.3, -0.25) is 0 Å². The van der Waals surface area contributed by atoms with Gasteiger partial charge in [0.25, 0.3) is 0 Å². The predicted molar refractivity (Wildman–Crippen MR) is 286 cm³/mol. The summed E-state index contributed by atoms with van der Waals surface area (Å²) >= 11 is 0. The summed E-state index contributed by atoms with van der Waals surface area (Å²) in [6.45, 7) is 18.8. The number of carboxylic acids is 1. The van der Waals surface area contributed by atoms with E-state index in [9.17, 15) is 76.0 Å². The summed E-state index contributed by atoms with van der Waals surface area (Å²) in [6, 6.07) is 0. The third kappa shape index (κ3) is 10.9. The Morgan fingerprint density at radius 1 is 0.614 bits per heavy atom. The van der Waals surface area contributed by atoms with Crippen molar-refractivity contribution < 1.29 is 119 Å². The van der Waals surface area contributed by atoms with Crippen LogP contribution < -0.4 is 0 Å². The maximum absolute atomic E-state index is 13.4. The highest BCUT2D eigenvalue weighted by Crippen LogP contribution is 2.76. The van der Waals surface area contributed by atoms with Gasteiger partial charge in [0.1, 0.15) is 91.6 Å². The number of carbonyl (C=O) groups is 2. The molecule has 0 spiro atoms. The van der Waals surface area contributed by atoms with E-state index < -0.39 is 165 Å². The van der Waals surface area contributed by atoms with Gasteiger partial charge < -0.3 is 109 Å². The lowest BCUT2D eigenvalue weighted by molar-refractivity contribution is -0.401. The van der Waals surface area contributed by atoms with Crippen LogP contribution in [0.25, 0.3) is 0 Å². The Balaban J connectivity index is 1.01. The fourth-order valence-corrected chi connectivity index (χ4v) is 17.2. The highest BCUT2D eigenvalue weighted by atomic mass is 16.8. The van der Waals surface area contributed by atoms with Gasteiger partial charge in [0.2, 0.25) is 0 Å². The third-order valence-corrected chi connectivity index (χ3v) is 22.5. The molecule has 83 heavy (non-hydrogen) atoms. The summed E-state index contributed by atoms with van der Waals surface area (Å²) in [5, 5.41) is 142. The van der Waals surface area contributed by atoms with Crippen LogP contribution in [-0.4, -0.2) is 233 Å². The number of fused-ring (bicyclic) bond motifs is 7. The Labute approximate surface area is 484 Å². The molecule has 9 aliphatic rings. The van der Waals surface area contributed by atoms with E-state index >= 15 is 0 Å². The summed E-state index contributed by atoms with van der Waals surface area (Å²) in [4.78, 5) is 26.5. The van der Waals surface area contributed by atoms with Crippen LogP contribution in [0.2, 0.25) is 0 Å². The van der Waals surface area contributed by atoms with Gasteiger partial charge in [-0.15, -0.1) is 0 Å². The maximum Gasteiger partial charge on any atom is 0.335 e. The molecule has 4 aliphatic heterocycles. The number of carbonyl (C=O) groups excluding carboxylic acids is 1. The number of esters is 1. The van der Waals surface area contributed by atoms with Gasteiger partial charge in [0.05, 0.1) is 32.0 Å². The van der Waals surface area contributed by atoms with Crippen LogP contribution in [0.1, 0.15) is 127 Å². The van der Waals surface area contributed by atoms with E-state index in [1.807, 2.05) is 6.92 Å². The molecule has 9 rings (SSSR count). The van der Waals surface area contributed by atoms with Crippen molar-refractivity contribution in [3.05, 3.63) is 23.3 Å². The van der Waals surface area contributed by atoms with Crippen LogP contribution >= 0.6 is 0 Å². The molecule has 5 unspecified atom stereocenters. The van der Waals surface area contributed by atoms with Crippen molar-refractivity contribution in [1.82, 2.24) is 0 Å². The van der Waals surface area contributed by atoms with Crippen LogP contribution in [0, 0.1) is 50.2 Å². The SMILES string of the molecule is C/C=C(/C)C(=O)O[C@H]1CC(C)(C)CC2C3=CCC4[C@@]5(C)CC[C@H](O[C@@H]6O[C@H](C(=O)O)[C@@H](O)[C@H](OC7O[C@H](CO)[C@H](O[C@@H]8O[C@@H](C)[C@H](O)[C@@H](O)[C@H]8O)[C@H](O)[C@H]7O)[C@H]6OC6O[C@H](CO)[C@@H](O)[C@H](O)[C@H]6O)C(C)(C)C5CC[C@@]4(C)[C@]3(C)CC[C@]21CO. The molecule has 0 aromatic heterocycles. The predicted octanol–water partition coefficient (Wildman–Crippen LogP) is 0.0459. The first kappa shape index (κ1) is 65.1. The average molecular weight is 1190 g/mol. The fourth-order valence-electron chi connectivity index (χ4n) is 17.2. The molecule has 24 heteroatoms. The molecule has 0 bridgehead atoms. The second-order valence-electron chi connectivity index (χ2n) is 27.8. The van der Waals surface area contributed by atoms with Gasteiger partial charge in [-0.05, 0) is 123 Å². The Bertz CT molecular complexity index is 2380. The van der Waals surface area contributed by atoms with Gasteiger partial charge >= 0.3 is 11.9 Å². The minimum Gasteiger partial charge on any atom is -0.479 e. The third-order valence-electron chi connectivity index (χ3n) is 22.5. The summed E-state index contributed by atoms with van der Waals surface area (Å²) in [6.07, 6.45) is -27.4. The highest BCUT2D eigenvalue weighted by molar-refractivity contribution is 5.87. The Morgan fingerprint density at radius 2 is 1.20 bits per heavy atom. The average Bonchev–Trinajstić information content (AvgIpc) is 0.960. The molecular weight excluding hydrogens is 1090 g/mol. The molecule has 0 aromatic rings. The van der Waals surface area contributed by atoms with Gasteiger partial charge in [-0.1, -0.05) is 66.2 Å². The largest absolute Gasteiger partial charge is 0.479 e. The first-order valence-corrected chi connectivity index (χ1v) is 29.8. The lowest BCUT2D eigenvalue weighted by Gasteiger charge is -2.72. The second-order valence-corrected chi connectivity index (χ2v) is 27.8. The normalized spacial score (nSPS) is 51.5. The lowest BCUT2D eigenvalue weighted by Crippen LogP contribution is -2.69. The standard InChI is InChI=1S/C59H94O24/c1-11-25(2)49(74)78-34-21-54(4,5)20-28-27-12-13-32-56(8)16-15-33(55(6,7)31(56)14-17-58(32,10)57(27,9)18-19-59(28,34)24-62)79-53-47(83-51-41(69)38(66)36(64)29(22-60)76-51)45(43(71)46(82-53)48(72)73)81-52-42(70)39(67)44(30(23-61)77-52)80-50-40(68)37(65)35(63)26(3)75-50/h11-12,26,28-47,50-53,60-71H,13-24H2,1-10H3,(H,72,73)/b25-11-/t26-,28?,29+,30+,31?,32?,33-,34-,35-,36+,37+,38-,39+,40+,41+,42+,43-,44-,45-,46-,47+,50-,51?,52?,53+,56-,57+,58+,59-/m0/s1. The summed E-state index contributed by atoms with van der Waals surface area (Å²) in [5.74, 6) is -1.89. The first-order valence-electron chi connectivity index (χ1n) is 29.8. The van der Waals surface area contributed by atoms with E-state index in [0.717, 1.165) is 32.1 Å². The van der Waals surface area contributed by atoms with Crippen molar-refractivity contribution >= 4 is 11.9 Å². The van der Waals surface area contributed by atoms with E-state index in [-0.39, 0.29) is 52.0 Å². The summed E-state index contributed by atoms with van der Waals surface area (Å²) in [7, 11) is 0. The second kappa shape index (κ2) is 23.9. The number of hydrogen-bond acceptors (Lipinski definition) is 23. The number of aliphatic hydroxyl groups excluding tert-OH is 12. The van der Waals surface area contributed by atoms with Gasteiger partial charge in [0.15, 0.2) is 31.3 Å². The van der Waals surface area contributed by atoms with E-state index in [4.69, 9.17) is 42.6 Å². The van der Waals surface area contributed by atoms with Crippen LogP contribution in [0.5, 0.6) is 0 Å². The molecule has 8 fully saturated rings. The van der Waals surface area contributed by atoms with Gasteiger partial charge in [-0.25, -0.2) is 9.59 Å². The number of aliphatic carboxylic acids is 1. The molecule has 0 aromatic carbocycles. The summed E-state index contributed by atoms with van der Waals surface area (Å²) in [5.41, 5.74) is -0.421. The Morgan fingerprint density at radius 3 is 1.82 bits per heavy atom. The van der Waals surface area contributed by atoms with E-state index in [1.165, 1.54) is 12.5 Å². The molecule has 4 saturated carbocycles. The van der Waals surface area contributed by atoms with Gasteiger partial charge in [-0.2, -0.15) is 0 Å². The Kier molecular flexibility index (Phi) is 18.7. The molecule has 474 valence electrons. The number of carboxylic acid groups (broad SMARTS) is 1. The maximum atomic E-state index is 13.4. The van der Waals surface area contributed by atoms with Crippen LogP contribution in [0.15, 0.2) is 23.3 Å². The minimum absolute atomic E-state index is 0.00593. The molecule has 4 heterocycles. The number of aliphatic hydroxyl groups is 12. The molecule has 24 nitrogen and oxygen atoms in total. The van der Waals surface area contributed by atoms with E-state index in [1.54, 1.807) is 13.0 Å². The topological polar surface area (TPSA) is 380 Å².